The van der Waals surface area contributed by atoms with Gasteiger partial charge < -0.3 is 24.4 Å². The summed E-state index contributed by atoms with van der Waals surface area (Å²) in [6, 6.07) is 19.2. The van der Waals surface area contributed by atoms with Crippen LogP contribution in [0.2, 0.25) is 0 Å². The summed E-state index contributed by atoms with van der Waals surface area (Å²) >= 11 is 0. The Hall–Kier alpha value is -4.03. The molecule has 3 N–H and O–H groups in total. The van der Waals surface area contributed by atoms with Gasteiger partial charge in [0.1, 0.15) is 29.3 Å². The van der Waals surface area contributed by atoms with Crippen molar-refractivity contribution in [1.29, 1.82) is 0 Å². The molecule has 0 spiro atoms. The number of hydrogen-bond acceptors (Lipinski definition) is 5. The van der Waals surface area contributed by atoms with E-state index >= 15 is 0 Å². The van der Waals surface area contributed by atoms with E-state index in [2.05, 4.69) is 12.1 Å². The van der Waals surface area contributed by atoms with Crippen LogP contribution >= 0.6 is 0 Å². The third-order valence-electron chi connectivity index (χ3n) is 5.85. The lowest BCUT2D eigenvalue weighted by molar-refractivity contribution is -0.136. The van der Waals surface area contributed by atoms with E-state index in [0.29, 0.717) is 17.9 Å². The molecule has 0 atom stereocenters. The first-order valence-electron chi connectivity index (χ1n) is 10.7. The zero-order valence-corrected chi connectivity index (χ0v) is 18.1. The van der Waals surface area contributed by atoms with Crippen LogP contribution in [-0.4, -0.2) is 11.1 Å². The van der Waals surface area contributed by atoms with Crippen molar-refractivity contribution in [2.75, 3.05) is 0 Å². The molecule has 0 saturated heterocycles. The van der Waals surface area contributed by atoms with Crippen molar-refractivity contribution in [2.45, 2.75) is 26.5 Å². The molecule has 0 unspecified atom stereocenters. The van der Waals surface area contributed by atoms with Gasteiger partial charge in [-0.1, -0.05) is 36.4 Å². The summed E-state index contributed by atoms with van der Waals surface area (Å²) in [4.78, 5) is 11.2. The molecule has 166 valence electrons. The number of benzene rings is 3. The zero-order valence-electron chi connectivity index (χ0n) is 18.1. The van der Waals surface area contributed by atoms with Crippen molar-refractivity contribution >= 4 is 27.9 Å². The van der Waals surface area contributed by atoms with Gasteiger partial charge in [0.2, 0.25) is 0 Å². The van der Waals surface area contributed by atoms with Gasteiger partial charge in [-0.15, -0.1) is 0 Å². The molecule has 2 aromatic heterocycles. The fourth-order valence-electron chi connectivity index (χ4n) is 4.22. The Labute approximate surface area is 190 Å². The number of aryl methyl sites for hydroxylation is 1. The minimum Gasteiger partial charge on any atom is -0.488 e. The maximum atomic E-state index is 11.2. The molecule has 0 aliphatic heterocycles. The van der Waals surface area contributed by atoms with Crippen LogP contribution in [0.15, 0.2) is 75.8 Å². The second-order valence-electron chi connectivity index (χ2n) is 7.97. The van der Waals surface area contributed by atoms with Gasteiger partial charge in [-0.3, -0.25) is 4.79 Å². The summed E-state index contributed by atoms with van der Waals surface area (Å²) in [5, 5.41) is 11.0. The van der Waals surface area contributed by atoms with Crippen molar-refractivity contribution in [1.82, 2.24) is 0 Å². The van der Waals surface area contributed by atoms with Gasteiger partial charge in [0.25, 0.3) is 0 Å². The van der Waals surface area contributed by atoms with Crippen LogP contribution in [0.5, 0.6) is 5.75 Å². The molecule has 6 nitrogen and oxygen atoms in total. The average Bonchev–Trinajstić information content (AvgIpc) is 3.42. The Morgan fingerprint density at radius 2 is 1.88 bits per heavy atom. The minimum absolute atomic E-state index is 0.0986. The highest BCUT2D eigenvalue weighted by Gasteiger charge is 2.20. The van der Waals surface area contributed by atoms with E-state index in [1.165, 1.54) is 0 Å². The first-order chi connectivity index (χ1) is 16.0. The number of carboxylic acids is 1. The smallest absolute Gasteiger partial charge is 0.307 e. The van der Waals surface area contributed by atoms with Crippen molar-refractivity contribution in [2.24, 2.45) is 5.73 Å². The molecule has 0 saturated carbocycles. The molecule has 5 rings (SSSR count). The predicted octanol–water partition coefficient (Wildman–Crippen LogP) is 5.82. The SMILES string of the molecule is Cc1oc2c(cc(-c3cccc(CN)c3)c3occc32)c1COc1ccccc1CC(=O)O. The van der Waals surface area contributed by atoms with Crippen LogP contribution in [0.1, 0.15) is 22.5 Å². The molecule has 0 fully saturated rings. The highest BCUT2D eigenvalue weighted by molar-refractivity contribution is 6.10. The number of rotatable bonds is 7. The highest BCUT2D eigenvalue weighted by atomic mass is 16.5. The van der Waals surface area contributed by atoms with E-state index < -0.39 is 5.97 Å². The van der Waals surface area contributed by atoms with Gasteiger partial charge in [-0.05, 0) is 42.3 Å². The average molecular weight is 441 g/mol. The fourth-order valence-corrected chi connectivity index (χ4v) is 4.22. The van der Waals surface area contributed by atoms with Gasteiger partial charge >= 0.3 is 5.97 Å². The lowest BCUT2D eigenvalue weighted by Gasteiger charge is -2.11. The number of ether oxygens (including phenoxy) is 1. The largest absolute Gasteiger partial charge is 0.488 e. The summed E-state index contributed by atoms with van der Waals surface area (Å²) in [6.45, 7) is 2.61. The molecule has 0 amide bonds. The number of para-hydroxylation sites is 1. The number of nitrogens with two attached hydrogens (primary N) is 1. The number of carboxylic acid groups (broad SMARTS) is 1. The monoisotopic (exact) mass is 441 g/mol. The van der Waals surface area contributed by atoms with Crippen molar-refractivity contribution < 1.29 is 23.5 Å². The van der Waals surface area contributed by atoms with Crippen LogP contribution in [0.4, 0.5) is 0 Å². The molecule has 33 heavy (non-hydrogen) atoms. The molecule has 0 aliphatic rings. The lowest BCUT2D eigenvalue weighted by atomic mass is 9.98. The van der Waals surface area contributed by atoms with E-state index in [1.807, 2.05) is 37.3 Å². The Bertz CT molecular complexity index is 1480. The summed E-state index contributed by atoms with van der Waals surface area (Å²) in [7, 11) is 0. The van der Waals surface area contributed by atoms with Crippen LogP contribution < -0.4 is 10.5 Å². The molecule has 6 heteroatoms. The molecular weight excluding hydrogens is 418 g/mol. The molecule has 2 heterocycles. The van der Waals surface area contributed by atoms with Gasteiger partial charge in [-0.25, -0.2) is 0 Å². The Morgan fingerprint density at radius 3 is 2.70 bits per heavy atom. The Kier molecular flexibility index (Phi) is 5.36. The summed E-state index contributed by atoms with van der Waals surface area (Å²) in [5.74, 6) is 0.396. The molecule has 0 bridgehead atoms. The van der Waals surface area contributed by atoms with Crippen LogP contribution in [0.25, 0.3) is 33.1 Å². The third kappa shape index (κ3) is 3.85. The van der Waals surface area contributed by atoms with E-state index in [1.54, 1.807) is 24.5 Å². The van der Waals surface area contributed by atoms with Crippen molar-refractivity contribution in [3.8, 4) is 16.9 Å². The molecule has 5 aromatic rings. The van der Waals surface area contributed by atoms with Gasteiger partial charge in [0.15, 0.2) is 0 Å². The molecule has 3 aromatic carbocycles. The first kappa shape index (κ1) is 20.8. The Morgan fingerprint density at radius 1 is 1.03 bits per heavy atom. The predicted molar refractivity (Wildman–Crippen MR) is 126 cm³/mol. The van der Waals surface area contributed by atoms with E-state index in [9.17, 15) is 9.90 Å². The summed E-state index contributed by atoms with van der Waals surface area (Å²) in [6.07, 6.45) is 1.56. The zero-order chi connectivity index (χ0) is 22.9. The van der Waals surface area contributed by atoms with Crippen molar-refractivity contribution in [3.05, 3.63) is 89.4 Å². The normalized spacial score (nSPS) is 11.3. The number of aliphatic carboxylic acids is 1. The fraction of sp³-hybridized carbons (Fsp3) is 0.148. The summed E-state index contributed by atoms with van der Waals surface area (Å²) in [5.41, 5.74) is 11.9. The lowest BCUT2D eigenvalue weighted by Crippen LogP contribution is -2.04. The van der Waals surface area contributed by atoms with Crippen LogP contribution in [0.3, 0.4) is 0 Å². The van der Waals surface area contributed by atoms with Gasteiger partial charge in [0, 0.05) is 28.6 Å². The third-order valence-corrected chi connectivity index (χ3v) is 5.85. The van der Waals surface area contributed by atoms with Gasteiger partial charge in [0.05, 0.1) is 18.1 Å². The first-order valence-corrected chi connectivity index (χ1v) is 10.7. The van der Waals surface area contributed by atoms with Crippen molar-refractivity contribution in [3.63, 3.8) is 0 Å². The van der Waals surface area contributed by atoms with E-state index in [0.717, 1.165) is 50.0 Å². The highest BCUT2D eigenvalue weighted by Crippen LogP contribution is 2.39. The quantitative estimate of drug-likeness (QED) is 0.330. The maximum absolute atomic E-state index is 11.2. The van der Waals surface area contributed by atoms with E-state index in [-0.39, 0.29) is 13.0 Å². The topological polar surface area (TPSA) is 98.8 Å². The second-order valence-corrected chi connectivity index (χ2v) is 7.97. The van der Waals surface area contributed by atoms with Gasteiger partial charge in [-0.2, -0.15) is 0 Å². The molecule has 0 aliphatic carbocycles. The molecular formula is C27H23NO5. The number of furan rings is 2. The summed E-state index contributed by atoms with van der Waals surface area (Å²) < 4.78 is 18.1. The second kappa shape index (κ2) is 8.48. The number of hydrogen-bond donors (Lipinski definition) is 2. The number of fused-ring (bicyclic) bond motifs is 3. The maximum Gasteiger partial charge on any atom is 0.307 e. The van der Waals surface area contributed by atoms with E-state index in [4.69, 9.17) is 19.3 Å². The minimum atomic E-state index is -0.900. The number of carbonyl (C=O) groups is 1. The van der Waals surface area contributed by atoms with Crippen LogP contribution in [0, 0.1) is 6.92 Å². The standard InChI is InChI=1S/C27H23NO5/c1-16-23(15-32-24-8-3-2-6-19(24)12-25(29)30)22-13-21(18-7-4-5-17(11-18)14-28)26-20(9-10-31-26)27(22)33-16/h2-11,13H,12,14-15,28H2,1H3,(H,29,30). The Balaban J connectivity index is 1.60. The van der Waals surface area contributed by atoms with Crippen LogP contribution in [-0.2, 0) is 24.4 Å². The molecule has 0 radical (unpaired) electrons.